The molecule has 0 N–H and O–H groups in total. The molecule has 3 heterocycles. The summed E-state index contributed by atoms with van der Waals surface area (Å²) in [6.45, 7) is 4.89. The Morgan fingerprint density at radius 1 is 1.10 bits per heavy atom. The number of hydrogen-bond acceptors (Lipinski definition) is 4. The van der Waals surface area contributed by atoms with Gasteiger partial charge in [0, 0.05) is 13.0 Å². The van der Waals surface area contributed by atoms with Crippen LogP contribution >= 0.6 is 0 Å². The number of carbonyl (C=O) groups excluding carboxylic acids is 1. The third-order valence-electron chi connectivity index (χ3n) is 6.55. The molecule has 0 bridgehead atoms. The molecule has 0 aliphatic carbocycles. The minimum absolute atomic E-state index is 0.0332. The van der Waals surface area contributed by atoms with Gasteiger partial charge in [0.05, 0.1) is 43.4 Å². The average Bonchev–Trinajstić information content (AvgIpc) is 3.18. The predicted molar refractivity (Wildman–Crippen MR) is 114 cm³/mol. The normalized spacial score (nSPS) is 17.3. The molecule has 1 atom stereocenters. The Bertz CT molecular complexity index is 1160. The highest BCUT2D eigenvalue weighted by molar-refractivity contribution is 5.97. The number of rotatable bonds is 3. The van der Waals surface area contributed by atoms with Gasteiger partial charge in [0.2, 0.25) is 0 Å². The van der Waals surface area contributed by atoms with Crippen molar-refractivity contribution in [2.75, 3.05) is 20.8 Å². The van der Waals surface area contributed by atoms with Gasteiger partial charge in [-0.3, -0.25) is 4.79 Å². The molecule has 1 aromatic heterocycles. The van der Waals surface area contributed by atoms with E-state index in [9.17, 15) is 4.79 Å². The van der Waals surface area contributed by atoms with Crippen LogP contribution < -0.4 is 9.47 Å². The SMILES string of the molecule is COc1cc2c(cc1OC)C1Cc3c(cnn3-c3cccc(C)c3C)C(=O)N1CC2. The summed E-state index contributed by atoms with van der Waals surface area (Å²) in [6, 6.07) is 10.2. The Morgan fingerprint density at radius 3 is 2.63 bits per heavy atom. The highest BCUT2D eigenvalue weighted by Gasteiger charge is 2.39. The second kappa shape index (κ2) is 6.90. The van der Waals surface area contributed by atoms with Crippen molar-refractivity contribution in [1.82, 2.24) is 14.7 Å². The molecule has 0 fully saturated rings. The summed E-state index contributed by atoms with van der Waals surface area (Å²) in [5.41, 5.74) is 7.43. The number of benzene rings is 2. The van der Waals surface area contributed by atoms with E-state index in [1.807, 2.05) is 27.8 Å². The molecule has 1 unspecified atom stereocenters. The maximum absolute atomic E-state index is 13.4. The van der Waals surface area contributed by atoms with Crippen molar-refractivity contribution in [2.24, 2.45) is 0 Å². The summed E-state index contributed by atoms with van der Waals surface area (Å²) in [5.74, 6) is 1.48. The van der Waals surface area contributed by atoms with E-state index in [1.165, 1.54) is 16.7 Å². The lowest BCUT2D eigenvalue weighted by atomic mass is 9.85. The Balaban J connectivity index is 1.63. The standard InChI is InChI=1S/C24H25N3O3/c1-14-6-5-7-19(15(14)2)27-21-12-20-17-11-23(30-4)22(29-3)10-16(17)8-9-26(20)24(28)18(21)13-25-27/h5-7,10-11,13,20H,8-9,12H2,1-4H3. The largest absolute Gasteiger partial charge is 0.493 e. The first-order valence-corrected chi connectivity index (χ1v) is 10.2. The Labute approximate surface area is 176 Å². The van der Waals surface area contributed by atoms with Gasteiger partial charge >= 0.3 is 0 Å². The molecule has 2 aliphatic heterocycles. The van der Waals surface area contributed by atoms with E-state index in [0.29, 0.717) is 17.9 Å². The lowest BCUT2D eigenvalue weighted by Crippen LogP contribution is -2.44. The average molecular weight is 403 g/mol. The van der Waals surface area contributed by atoms with Crippen molar-refractivity contribution in [2.45, 2.75) is 32.7 Å². The van der Waals surface area contributed by atoms with Crippen molar-refractivity contribution in [3.63, 3.8) is 0 Å². The molecule has 0 saturated carbocycles. The van der Waals surface area contributed by atoms with E-state index < -0.39 is 0 Å². The van der Waals surface area contributed by atoms with Gasteiger partial charge in [0.1, 0.15) is 0 Å². The first-order chi connectivity index (χ1) is 14.5. The summed E-state index contributed by atoms with van der Waals surface area (Å²) in [7, 11) is 3.29. The maximum Gasteiger partial charge on any atom is 0.257 e. The quantitative estimate of drug-likeness (QED) is 0.668. The molecule has 6 heteroatoms. The molecule has 2 aliphatic rings. The fourth-order valence-corrected chi connectivity index (χ4v) is 4.75. The van der Waals surface area contributed by atoms with Crippen molar-refractivity contribution in [1.29, 1.82) is 0 Å². The lowest BCUT2D eigenvalue weighted by Gasteiger charge is -2.40. The number of carbonyl (C=O) groups is 1. The third-order valence-corrected chi connectivity index (χ3v) is 6.55. The Kier molecular flexibility index (Phi) is 4.31. The second-order valence-electron chi connectivity index (χ2n) is 8.01. The molecule has 3 aromatic rings. The van der Waals surface area contributed by atoms with Crippen LogP contribution in [0.15, 0.2) is 36.5 Å². The molecule has 0 spiro atoms. The van der Waals surface area contributed by atoms with E-state index in [0.717, 1.165) is 35.5 Å². The lowest BCUT2D eigenvalue weighted by molar-refractivity contribution is 0.0629. The summed E-state index contributed by atoms with van der Waals surface area (Å²) >= 11 is 0. The van der Waals surface area contributed by atoms with Gasteiger partial charge in [-0.05, 0) is 60.7 Å². The summed E-state index contributed by atoms with van der Waals surface area (Å²) in [4.78, 5) is 15.3. The molecule has 1 amide bonds. The minimum atomic E-state index is -0.0332. The van der Waals surface area contributed by atoms with Gasteiger partial charge < -0.3 is 14.4 Å². The highest BCUT2D eigenvalue weighted by Crippen LogP contribution is 2.42. The van der Waals surface area contributed by atoms with Crippen LogP contribution in [0.1, 0.15) is 44.3 Å². The van der Waals surface area contributed by atoms with Crippen LogP contribution in [0.5, 0.6) is 11.5 Å². The van der Waals surface area contributed by atoms with Crippen LogP contribution in [-0.4, -0.2) is 41.4 Å². The van der Waals surface area contributed by atoms with Crippen LogP contribution in [0.4, 0.5) is 0 Å². The zero-order chi connectivity index (χ0) is 21.0. The molecule has 2 aromatic carbocycles. The van der Waals surface area contributed by atoms with Gasteiger partial charge in [-0.1, -0.05) is 12.1 Å². The smallest absolute Gasteiger partial charge is 0.257 e. The molecular weight excluding hydrogens is 378 g/mol. The van der Waals surface area contributed by atoms with Gasteiger partial charge in [-0.2, -0.15) is 5.10 Å². The number of amides is 1. The van der Waals surface area contributed by atoms with E-state index in [-0.39, 0.29) is 11.9 Å². The topological polar surface area (TPSA) is 56.6 Å². The van der Waals surface area contributed by atoms with Crippen molar-refractivity contribution in [3.8, 4) is 17.2 Å². The Hall–Kier alpha value is -3.28. The van der Waals surface area contributed by atoms with Crippen LogP contribution in [0.3, 0.4) is 0 Å². The van der Waals surface area contributed by atoms with Crippen LogP contribution in [0, 0.1) is 13.8 Å². The molecular formula is C24H25N3O3. The van der Waals surface area contributed by atoms with E-state index in [1.54, 1.807) is 20.4 Å². The first kappa shape index (κ1) is 18.7. The van der Waals surface area contributed by atoms with Crippen molar-refractivity contribution < 1.29 is 14.3 Å². The van der Waals surface area contributed by atoms with Crippen LogP contribution in [-0.2, 0) is 12.8 Å². The molecule has 6 nitrogen and oxygen atoms in total. The first-order valence-electron chi connectivity index (χ1n) is 10.2. The molecule has 0 saturated heterocycles. The molecule has 0 radical (unpaired) electrons. The number of nitrogens with zero attached hydrogens (tertiary/aromatic N) is 3. The zero-order valence-electron chi connectivity index (χ0n) is 17.7. The van der Waals surface area contributed by atoms with Crippen LogP contribution in [0.2, 0.25) is 0 Å². The fourth-order valence-electron chi connectivity index (χ4n) is 4.75. The number of aromatic nitrogens is 2. The fraction of sp³-hybridized carbons (Fsp3) is 0.333. The Morgan fingerprint density at radius 2 is 1.87 bits per heavy atom. The van der Waals surface area contributed by atoms with E-state index in [2.05, 4.69) is 31.1 Å². The van der Waals surface area contributed by atoms with Crippen molar-refractivity contribution >= 4 is 5.91 Å². The van der Waals surface area contributed by atoms with E-state index >= 15 is 0 Å². The molecule has 5 rings (SSSR count). The molecule has 154 valence electrons. The highest BCUT2D eigenvalue weighted by atomic mass is 16.5. The summed E-state index contributed by atoms with van der Waals surface area (Å²) in [5, 5.41) is 4.62. The van der Waals surface area contributed by atoms with E-state index in [4.69, 9.17) is 9.47 Å². The number of fused-ring (bicyclic) bond motifs is 4. The van der Waals surface area contributed by atoms with Gasteiger partial charge in [-0.15, -0.1) is 0 Å². The van der Waals surface area contributed by atoms with Gasteiger partial charge in [0.15, 0.2) is 11.5 Å². The third kappa shape index (κ3) is 2.63. The second-order valence-corrected chi connectivity index (χ2v) is 8.01. The zero-order valence-corrected chi connectivity index (χ0v) is 17.7. The summed E-state index contributed by atoms with van der Waals surface area (Å²) in [6.07, 6.45) is 3.25. The van der Waals surface area contributed by atoms with Gasteiger partial charge in [-0.25, -0.2) is 4.68 Å². The number of hydrogen-bond donors (Lipinski definition) is 0. The van der Waals surface area contributed by atoms with Crippen molar-refractivity contribution in [3.05, 3.63) is 70.0 Å². The maximum atomic E-state index is 13.4. The number of ether oxygens (including phenoxy) is 2. The number of methoxy groups -OCH3 is 2. The molecule has 30 heavy (non-hydrogen) atoms. The minimum Gasteiger partial charge on any atom is -0.493 e. The van der Waals surface area contributed by atoms with Crippen LogP contribution in [0.25, 0.3) is 5.69 Å². The predicted octanol–water partition coefficient (Wildman–Crippen LogP) is 3.80. The van der Waals surface area contributed by atoms with Gasteiger partial charge in [0.25, 0.3) is 5.91 Å². The monoisotopic (exact) mass is 403 g/mol. The number of aryl methyl sites for hydroxylation is 1. The summed E-state index contributed by atoms with van der Waals surface area (Å²) < 4.78 is 13.0.